The fourth-order valence-corrected chi connectivity index (χ4v) is 6.51. The Morgan fingerprint density at radius 3 is 1.92 bits per heavy atom. The van der Waals surface area contributed by atoms with Crippen LogP contribution in [-0.2, 0) is 0 Å². The van der Waals surface area contributed by atoms with Gasteiger partial charge in [-0.2, -0.15) is 0 Å². The number of hydrogen-bond donors (Lipinski definition) is 0. The molecule has 0 aromatic heterocycles. The predicted octanol–water partition coefficient (Wildman–Crippen LogP) is 4.62. The lowest BCUT2D eigenvalue weighted by Crippen LogP contribution is -2.05. The summed E-state index contributed by atoms with van der Waals surface area (Å²) >= 11 is 0. The minimum absolute atomic E-state index is 0.422. The fourth-order valence-electron chi connectivity index (χ4n) is 2.60. The first-order chi connectivity index (χ1) is 6.33. The highest BCUT2D eigenvalue weighted by atomic mass is 31.1. The molecule has 1 saturated heterocycles. The van der Waals surface area contributed by atoms with Crippen molar-refractivity contribution in [2.24, 2.45) is 0 Å². The highest BCUT2D eigenvalue weighted by Gasteiger charge is 2.32. The van der Waals surface area contributed by atoms with Gasteiger partial charge in [0, 0.05) is 0 Å². The average Bonchev–Trinajstić information content (AvgIpc) is 2.56. The van der Waals surface area contributed by atoms with Gasteiger partial charge in [-0.05, 0) is 49.6 Å². The molecule has 0 bridgehead atoms. The second-order valence-electron chi connectivity index (χ2n) is 4.29. The zero-order valence-corrected chi connectivity index (χ0v) is 10.4. The van der Waals surface area contributed by atoms with Gasteiger partial charge in [-0.25, -0.2) is 0 Å². The van der Waals surface area contributed by atoms with Gasteiger partial charge in [0.2, 0.25) is 0 Å². The van der Waals surface area contributed by atoms with Gasteiger partial charge in [0.15, 0.2) is 0 Å². The van der Waals surface area contributed by atoms with Crippen LogP contribution in [0.3, 0.4) is 0 Å². The molecule has 78 valence electrons. The smallest absolute Gasteiger partial charge is 0.0209 e. The summed E-state index contributed by atoms with van der Waals surface area (Å²) in [4.78, 5) is 0. The molecule has 1 fully saturated rings. The van der Waals surface area contributed by atoms with Crippen LogP contribution in [0.4, 0.5) is 0 Å². The van der Waals surface area contributed by atoms with E-state index in [9.17, 15) is 0 Å². The van der Waals surface area contributed by atoms with Crippen molar-refractivity contribution >= 4 is 7.92 Å². The Morgan fingerprint density at radius 1 is 1.00 bits per heavy atom. The van der Waals surface area contributed by atoms with E-state index in [-0.39, 0.29) is 0 Å². The Morgan fingerprint density at radius 2 is 1.54 bits per heavy atom. The highest BCUT2D eigenvalue weighted by molar-refractivity contribution is 7.59. The summed E-state index contributed by atoms with van der Waals surface area (Å²) in [6.45, 7) is 7.11. The van der Waals surface area contributed by atoms with Crippen LogP contribution in [0.5, 0.6) is 0 Å². The SMILES string of the molecule is CCCCP1C(CC)CCC1CC. The molecule has 0 nitrogen and oxygen atoms in total. The largest absolute Gasteiger partial charge is 0.100 e. The van der Waals surface area contributed by atoms with E-state index in [4.69, 9.17) is 0 Å². The summed E-state index contributed by atoms with van der Waals surface area (Å²) < 4.78 is 0. The van der Waals surface area contributed by atoms with Crippen LogP contribution in [0.1, 0.15) is 59.3 Å². The van der Waals surface area contributed by atoms with E-state index >= 15 is 0 Å². The molecule has 0 spiro atoms. The zero-order chi connectivity index (χ0) is 9.68. The van der Waals surface area contributed by atoms with Gasteiger partial charge >= 0.3 is 0 Å². The van der Waals surface area contributed by atoms with E-state index in [0.29, 0.717) is 7.92 Å². The first-order valence-corrected chi connectivity index (χ1v) is 7.75. The van der Waals surface area contributed by atoms with E-state index in [0.717, 1.165) is 11.3 Å². The fraction of sp³-hybridized carbons (Fsp3) is 1.00. The summed E-state index contributed by atoms with van der Waals surface area (Å²) in [5.74, 6) is 0. The second kappa shape index (κ2) is 6.02. The maximum Gasteiger partial charge on any atom is -0.0209 e. The standard InChI is InChI=1S/C12H25P/c1-4-7-10-13-11(5-2)8-9-12(13)6-3/h11-12H,4-10H2,1-3H3. The van der Waals surface area contributed by atoms with Gasteiger partial charge < -0.3 is 0 Å². The molecule has 1 aliphatic rings. The molecule has 0 N–H and O–H groups in total. The minimum Gasteiger partial charge on any atom is -0.100 e. The quantitative estimate of drug-likeness (QED) is 0.568. The van der Waals surface area contributed by atoms with Crippen LogP contribution in [0.2, 0.25) is 0 Å². The lowest BCUT2D eigenvalue weighted by molar-refractivity contribution is 0.696. The molecule has 0 radical (unpaired) electrons. The summed E-state index contributed by atoms with van der Waals surface area (Å²) in [6.07, 6.45) is 10.4. The van der Waals surface area contributed by atoms with Gasteiger partial charge in [-0.3, -0.25) is 0 Å². The average molecular weight is 200 g/mol. The summed E-state index contributed by atoms with van der Waals surface area (Å²) in [5.41, 5.74) is 2.26. The Balaban J connectivity index is 2.41. The summed E-state index contributed by atoms with van der Waals surface area (Å²) in [5, 5.41) is 0. The molecule has 0 saturated carbocycles. The molecular formula is C12H25P. The van der Waals surface area contributed by atoms with Gasteiger partial charge in [-0.15, -0.1) is 7.92 Å². The number of hydrogen-bond acceptors (Lipinski definition) is 0. The molecule has 1 heteroatoms. The van der Waals surface area contributed by atoms with Crippen molar-refractivity contribution < 1.29 is 0 Å². The lowest BCUT2D eigenvalue weighted by atomic mass is 10.1. The Hall–Kier alpha value is 0.430. The van der Waals surface area contributed by atoms with Crippen molar-refractivity contribution in [3.8, 4) is 0 Å². The van der Waals surface area contributed by atoms with Crippen LogP contribution in [-0.4, -0.2) is 17.5 Å². The third-order valence-corrected chi connectivity index (χ3v) is 7.44. The first-order valence-electron chi connectivity index (χ1n) is 6.09. The minimum atomic E-state index is 0.422. The highest BCUT2D eigenvalue weighted by Crippen LogP contribution is 2.58. The van der Waals surface area contributed by atoms with Crippen LogP contribution < -0.4 is 0 Å². The van der Waals surface area contributed by atoms with Crippen molar-refractivity contribution in [3.05, 3.63) is 0 Å². The van der Waals surface area contributed by atoms with Crippen LogP contribution in [0.15, 0.2) is 0 Å². The molecule has 0 aromatic carbocycles. The third kappa shape index (κ3) is 2.94. The van der Waals surface area contributed by atoms with Crippen molar-refractivity contribution in [2.75, 3.05) is 6.16 Å². The molecule has 1 aliphatic heterocycles. The van der Waals surface area contributed by atoms with Crippen molar-refractivity contribution in [1.29, 1.82) is 0 Å². The van der Waals surface area contributed by atoms with Crippen LogP contribution in [0.25, 0.3) is 0 Å². The molecule has 0 aromatic rings. The first kappa shape index (κ1) is 11.5. The second-order valence-corrected chi connectivity index (χ2v) is 7.23. The van der Waals surface area contributed by atoms with Gasteiger partial charge in [0.05, 0.1) is 0 Å². The molecule has 0 aliphatic carbocycles. The van der Waals surface area contributed by atoms with Crippen molar-refractivity contribution in [3.63, 3.8) is 0 Å². The van der Waals surface area contributed by atoms with Gasteiger partial charge in [0.25, 0.3) is 0 Å². The number of unbranched alkanes of at least 4 members (excludes halogenated alkanes) is 1. The van der Waals surface area contributed by atoms with Gasteiger partial charge in [-0.1, -0.05) is 27.2 Å². The summed E-state index contributed by atoms with van der Waals surface area (Å²) in [6, 6.07) is 0. The lowest BCUT2D eigenvalue weighted by Gasteiger charge is -2.24. The van der Waals surface area contributed by atoms with E-state index < -0.39 is 0 Å². The maximum absolute atomic E-state index is 2.39. The Bertz CT molecular complexity index is 121. The van der Waals surface area contributed by atoms with Crippen LogP contribution >= 0.6 is 7.92 Å². The zero-order valence-electron chi connectivity index (χ0n) is 9.55. The predicted molar refractivity (Wildman–Crippen MR) is 64.1 cm³/mol. The molecule has 2 atom stereocenters. The Kier molecular flexibility index (Phi) is 5.32. The molecule has 2 unspecified atom stereocenters. The molecular weight excluding hydrogens is 175 g/mol. The monoisotopic (exact) mass is 200 g/mol. The normalized spacial score (nSPS) is 33.9. The topological polar surface area (TPSA) is 0 Å². The molecule has 13 heavy (non-hydrogen) atoms. The maximum atomic E-state index is 2.39. The molecule has 1 rings (SSSR count). The number of rotatable bonds is 5. The van der Waals surface area contributed by atoms with E-state index in [2.05, 4.69) is 20.8 Å². The van der Waals surface area contributed by atoms with E-state index in [1.54, 1.807) is 19.0 Å². The van der Waals surface area contributed by atoms with Gasteiger partial charge in [0.1, 0.15) is 0 Å². The van der Waals surface area contributed by atoms with E-state index in [1.807, 2.05) is 0 Å². The third-order valence-electron chi connectivity index (χ3n) is 3.48. The van der Waals surface area contributed by atoms with E-state index in [1.165, 1.54) is 25.7 Å². The molecule has 1 heterocycles. The summed E-state index contributed by atoms with van der Waals surface area (Å²) in [7, 11) is 0.422. The van der Waals surface area contributed by atoms with Crippen molar-refractivity contribution in [2.45, 2.75) is 70.6 Å². The van der Waals surface area contributed by atoms with Crippen molar-refractivity contribution in [1.82, 2.24) is 0 Å². The molecule has 0 amide bonds. The Labute approximate surface area is 85.2 Å². The van der Waals surface area contributed by atoms with Crippen LogP contribution in [0, 0.1) is 0 Å².